The van der Waals surface area contributed by atoms with Crippen molar-refractivity contribution in [1.29, 1.82) is 0 Å². The van der Waals surface area contributed by atoms with Gasteiger partial charge in [0.2, 0.25) is 0 Å². The minimum Gasteiger partial charge on any atom is -0.350 e. The molecule has 2 aliphatic heterocycles. The Morgan fingerprint density at radius 3 is 2.72 bits per heavy atom. The van der Waals surface area contributed by atoms with Crippen LogP contribution in [-0.4, -0.2) is 51.4 Å². The van der Waals surface area contributed by atoms with Gasteiger partial charge >= 0.3 is 0 Å². The van der Waals surface area contributed by atoms with E-state index >= 15 is 0 Å². The first-order chi connectivity index (χ1) is 8.78. The lowest BCUT2D eigenvalue weighted by molar-refractivity contribution is -0.231. The van der Waals surface area contributed by atoms with Crippen molar-refractivity contribution in [3.8, 4) is 0 Å². The van der Waals surface area contributed by atoms with Gasteiger partial charge in [0, 0.05) is 12.8 Å². The molecule has 18 heavy (non-hydrogen) atoms. The van der Waals surface area contributed by atoms with Crippen molar-refractivity contribution in [3.05, 3.63) is 0 Å². The molecule has 0 amide bonds. The number of hydrogen-bond donors (Lipinski definition) is 0. The number of halogens is 2. The Kier molecular flexibility index (Phi) is 5.29. The van der Waals surface area contributed by atoms with Crippen molar-refractivity contribution in [3.63, 3.8) is 0 Å². The molecule has 0 aromatic heterocycles. The average Bonchev–Trinajstić information content (AvgIpc) is 3.04. The van der Waals surface area contributed by atoms with Crippen molar-refractivity contribution >= 4 is 0 Å². The van der Waals surface area contributed by atoms with E-state index in [0.717, 1.165) is 6.42 Å². The van der Waals surface area contributed by atoms with Crippen molar-refractivity contribution in [2.45, 2.75) is 43.9 Å². The Labute approximate surface area is 106 Å². The van der Waals surface area contributed by atoms with Crippen molar-refractivity contribution < 1.29 is 27.7 Å². The summed E-state index contributed by atoms with van der Waals surface area (Å²) in [7, 11) is 0. The summed E-state index contributed by atoms with van der Waals surface area (Å²) in [6.07, 6.45) is 2.06. The Hall–Kier alpha value is -0.300. The lowest BCUT2D eigenvalue weighted by Crippen LogP contribution is -2.35. The molecule has 6 heteroatoms. The van der Waals surface area contributed by atoms with Gasteiger partial charge in [-0.1, -0.05) is 0 Å². The number of hydrogen-bond acceptors (Lipinski definition) is 4. The predicted octanol–water partition coefficient (Wildman–Crippen LogP) is 1.97. The Morgan fingerprint density at radius 1 is 1.22 bits per heavy atom. The Morgan fingerprint density at radius 2 is 2.11 bits per heavy atom. The fourth-order valence-electron chi connectivity index (χ4n) is 2.25. The standard InChI is InChI=1S/C12H20F2O4/c13-8-10-2-3-11(18-10)15-6-7-17-12(9-14)4-1-5-16-12/h10-11H,1-9H2. The van der Waals surface area contributed by atoms with Crippen molar-refractivity contribution in [2.24, 2.45) is 0 Å². The average molecular weight is 266 g/mol. The van der Waals surface area contributed by atoms with Gasteiger partial charge in [-0.3, -0.25) is 0 Å². The molecule has 0 aliphatic carbocycles. The minimum absolute atomic E-state index is 0.254. The molecule has 2 aliphatic rings. The molecule has 3 unspecified atom stereocenters. The van der Waals surface area contributed by atoms with E-state index in [9.17, 15) is 8.78 Å². The zero-order valence-electron chi connectivity index (χ0n) is 10.4. The van der Waals surface area contributed by atoms with Gasteiger partial charge in [-0.2, -0.15) is 0 Å². The van der Waals surface area contributed by atoms with Gasteiger partial charge in [-0.05, 0) is 12.8 Å². The van der Waals surface area contributed by atoms with E-state index in [4.69, 9.17) is 18.9 Å². The molecule has 0 radical (unpaired) electrons. The molecule has 4 nitrogen and oxygen atoms in total. The highest BCUT2D eigenvalue weighted by atomic mass is 19.1. The number of alkyl halides is 2. The molecule has 0 spiro atoms. The van der Waals surface area contributed by atoms with E-state index < -0.39 is 19.1 Å². The largest absolute Gasteiger partial charge is 0.350 e. The van der Waals surface area contributed by atoms with E-state index in [-0.39, 0.29) is 19.0 Å². The number of ether oxygens (including phenoxy) is 4. The first-order valence-corrected chi connectivity index (χ1v) is 6.45. The molecule has 0 bridgehead atoms. The van der Waals surface area contributed by atoms with Gasteiger partial charge in [0.15, 0.2) is 12.1 Å². The summed E-state index contributed by atoms with van der Waals surface area (Å²) in [6.45, 7) is -0.0282. The van der Waals surface area contributed by atoms with Crippen molar-refractivity contribution in [1.82, 2.24) is 0 Å². The monoisotopic (exact) mass is 266 g/mol. The molecule has 2 heterocycles. The van der Waals surface area contributed by atoms with E-state index in [0.29, 0.717) is 32.5 Å². The van der Waals surface area contributed by atoms with E-state index in [1.165, 1.54) is 0 Å². The summed E-state index contributed by atoms with van der Waals surface area (Å²) in [6, 6.07) is 0. The van der Waals surface area contributed by atoms with Gasteiger partial charge < -0.3 is 18.9 Å². The quantitative estimate of drug-likeness (QED) is 0.660. The molecule has 0 aromatic carbocycles. The highest BCUT2D eigenvalue weighted by Crippen LogP contribution is 2.27. The third-order valence-corrected chi connectivity index (χ3v) is 3.26. The van der Waals surface area contributed by atoms with Crippen LogP contribution in [0.4, 0.5) is 8.78 Å². The second-order valence-corrected chi connectivity index (χ2v) is 4.63. The van der Waals surface area contributed by atoms with Crippen LogP contribution in [0.2, 0.25) is 0 Å². The maximum absolute atomic E-state index is 12.8. The summed E-state index contributed by atoms with van der Waals surface area (Å²) in [5, 5.41) is 0. The summed E-state index contributed by atoms with van der Waals surface area (Å²) in [5.74, 6) is -1.07. The third kappa shape index (κ3) is 3.60. The van der Waals surface area contributed by atoms with Crippen molar-refractivity contribution in [2.75, 3.05) is 33.2 Å². The fraction of sp³-hybridized carbons (Fsp3) is 1.00. The van der Waals surface area contributed by atoms with Crippen LogP contribution in [0.1, 0.15) is 25.7 Å². The molecule has 0 N–H and O–H groups in total. The molecular weight excluding hydrogens is 246 g/mol. The number of rotatable bonds is 7. The smallest absolute Gasteiger partial charge is 0.197 e. The molecule has 106 valence electrons. The summed E-state index contributed by atoms with van der Waals surface area (Å²) in [4.78, 5) is 0. The van der Waals surface area contributed by atoms with Gasteiger partial charge in [0.1, 0.15) is 13.3 Å². The van der Waals surface area contributed by atoms with E-state index in [1.807, 2.05) is 0 Å². The predicted molar refractivity (Wildman–Crippen MR) is 59.7 cm³/mol. The molecule has 0 aromatic rings. The first-order valence-electron chi connectivity index (χ1n) is 6.45. The fourth-order valence-corrected chi connectivity index (χ4v) is 2.25. The lowest BCUT2D eigenvalue weighted by Gasteiger charge is -2.25. The maximum Gasteiger partial charge on any atom is 0.197 e. The first kappa shape index (κ1) is 14.1. The van der Waals surface area contributed by atoms with Crippen LogP contribution in [0, 0.1) is 0 Å². The van der Waals surface area contributed by atoms with Gasteiger partial charge in [-0.25, -0.2) is 8.78 Å². The summed E-state index contributed by atoms with van der Waals surface area (Å²) >= 11 is 0. The van der Waals surface area contributed by atoms with Gasteiger partial charge in [0.05, 0.1) is 25.9 Å². The molecule has 3 atom stereocenters. The SMILES string of the molecule is FCC1CCC(OCCOC2(CF)CCCO2)O1. The summed E-state index contributed by atoms with van der Waals surface area (Å²) in [5.41, 5.74) is 0. The second kappa shape index (κ2) is 6.75. The topological polar surface area (TPSA) is 36.9 Å². The highest BCUT2D eigenvalue weighted by molar-refractivity contribution is 4.74. The molecule has 2 fully saturated rings. The molecule has 2 rings (SSSR count). The Balaban J connectivity index is 1.58. The minimum atomic E-state index is -1.07. The van der Waals surface area contributed by atoms with Gasteiger partial charge in [0.25, 0.3) is 0 Å². The zero-order valence-corrected chi connectivity index (χ0v) is 10.4. The van der Waals surface area contributed by atoms with E-state index in [2.05, 4.69) is 0 Å². The van der Waals surface area contributed by atoms with Crippen LogP contribution in [0.5, 0.6) is 0 Å². The Bertz CT molecular complexity index is 246. The zero-order chi connectivity index (χ0) is 12.8. The van der Waals surface area contributed by atoms with Crippen LogP contribution < -0.4 is 0 Å². The summed E-state index contributed by atoms with van der Waals surface area (Å²) < 4.78 is 46.5. The van der Waals surface area contributed by atoms with Gasteiger partial charge in [-0.15, -0.1) is 0 Å². The van der Waals surface area contributed by atoms with Crippen LogP contribution in [0.15, 0.2) is 0 Å². The van der Waals surface area contributed by atoms with Crippen LogP contribution in [0.3, 0.4) is 0 Å². The molecule has 0 saturated carbocycles. The maximum atomic E-state index is 12.8. The third-order valence-electron chi connectivity index (χ3n) is 3.26. The van der Waals surface area contributed by atoms with E-state index in [1.54, 1.807) is 0 Å². The lowest BCUT2D eigenvalue weighted by atomic mass is 10.2. The molecular formula is C12H20F2O4. The van der Waals surface area contributed by atoms with Crippen LogP contribution >= 0.6 is 0 Å². The highest BCUT2D eigenvalue weighted by Gasteiger charge is 2.36. The second-order valence-electron chi connectivity index (χ2n) is 4.63. The van der Waals surface area contributed by atoms with Crippen LogP contribution in [-0.2, 0) is 18.9 Å². The normalized spacial score (nSPS) is 36.3. The van der Waals surface area contributed by atoms with Crippen LogP contribution in [0.25, 0.3) is 0 Å². The molecule has 2 saturated heterocycles.